The van der Waals surface area contributed by atoms with Crippen LogP contribution in [0.4, 0.5) is 0 Å². The Bertz CT molecular complexity index is 653. The summed E-state index contributed by atoms with van der Waals surface area (Å²) in [5, 5.41) is 7.90. The molecule has 1 N–H and O–H groups in total. The van der Waals surface area contributed by atoms with Crippen molar-refractivity contribution in [1.29, 1.82) is 0 Å². The van der Waals surface area contributed by atoms with Crippen LogP contribution >= 0.6 is 0 Å². The normalized spacial score (nSPS) is 24.0. The van der Waals surface area contributed by atoms with Crippen molar-refractivity contribution in [2.75, 3.05) is 13.2 Å². The number of ether oxygens (including phenoxy) is 1. The molecule has 2 aromatic rings. The summed E-state index contributed by atoms with van der Waals surface area (Å²) in [7, 11) is 1.99. The van der Waals surface area contributed by atoms with Gasteiger partial charge in [0.2, 0.25) is 0 Å². The second kappa shape index (κ2) is 7.07. The Kier molecular flexibility index (Phi) is 4.67. The molecular formula is C18H27N5O. The zero-order chi connectivity index (χ0) is 16.4. The highest BCUT2D eigenvalue weighted by atomic mass is 16.5. The Morgan fingerprint density at radius 2 is 2.29 bits per heavy atom. The van der Waals surface area contributed by atoms with Gasteiger partial charge in [-0.15, -0.1) is 0 Å². The van der Waals surface area contributed by atoms with Gasteiger partial charge in [-0.3, -0.25) is 4.68 Å². The third-order valence-electron chi connectivity index (χ3n) is 5.27. The quantitative estimate of drug-likeness (QED) is 0.914. The van der Waals surface area contributed by atoms with Gasteiger partial charge in [0.15, 0.2) is 0 Å². The van der Waals surface area contributed by atoms with E-state index in [0.29, 0.717) is 5.92 Å². The molecule has 4 heterocycles. The summed E-state index contributed by atoms with van der Waals surface area (Å²) in [5.74, 6) is 1.75. The number of aryl methyl sites for hydroxylation is 3. The molecule has 0 bridgehead atoms. The fourth-order valence-electron chi connectivity index (χ4n) is 3.98. The highest BCUT2D eigenvalue weighted by Crippen LogP contribution is 2.32. The van der Waals surface area contributed by atoms with Gasteiger partial charge in [0.1, 0.15) is 11.9 Å². The smallest absolute Gasteiger partial charge is 0.109 e. The lowest BCUT2D eigenvalue weighted by Gasteiger charge is -2.32. The van der Waals surface area contributed by atoms with E-state index in [1.54, 1.807) is 0 Å². The molecular weight excluding hydrogens is 302 g/mol. The van der Waals surface area contributed by atoms with Gasteiger partial charge < -0.3 is 14.6 Å². The zero-order valence-electron chi connectivity index (χ0n) is 14.4. The maximum Gasteiger partial charge on any atom is 0.109 e. The zero-order valence-corrected chi connectivity index (χ0v) is 14.4. The van der Waals surface area contributed by atoms with E-state index in [1.165, 1.54) is 36.5 Å². The first kappa shape index (κ1) is 15.8. The molecule has 2 atom stereocenters. The van der Waals surface area contributed by atoms with Crippen LogP contribution in [0.3, 0.4) is 0 Å². The van der Waals surface area contributed by atoms with Crippen LogP contribution in [0.25, 0.3) is 0 Å². The Morgan fingerprint density at radius 3 is 3.12 bits per heavy atom. The minimum absolute atomic E-state index is 0.147. The minimum atomic E-state index is 0.147. The third-order valence-corrected chi connectivity index (χ3v) is 5.27. The highest BCUT2D eigenvalue weighted by molar-refractivity contribution is 5.08. The molecule has 4 rings (SSSR count). The molecule has 6 heteroatoms. The second-order valence-electron chi connectivity index (χ2n) is 7.00. The first-order chi connectivity index (χ1) is 11.8. The Morgan fingerprint density at radius 1 is 1.33 bits per heavy atom. The fourth-order valence-corrected chi connectivity index (χ4v) is 3.98. The molecule has 6 nitrogen and oxygen atoms in total. The van der Waals surface area contributed by atoms with Crippen molar-refractivity contribution in [3.63, 3.8) is 0 Å². The number of hydrogen-bond donors (Lipinski definition) is 1. The van der Waals surface area contributed by atoms with Gasteiger partial charge >= 0.3 is 0 Å². The predicted octanol–water partition coefficient (Wildman–Crippen LogP) is 2.21. The molecule has 1 fully saturated rings. The topological polar surface area (TPSA) is 56.9 Å². The maximum atomic E-state index is 6.06. The number of hydrogen-bond acceptors (Lipinski definition) is 4. The van der Waals surface area contributed by atoms with Crippen molar-refractivity contribution in [1.82, 2.24) is 24.6 Å². The maximum absolute atomic E-state index is 6.06. The Hall–Kier alpha value is -1.66. The monoisotopic (exact) mass is 329 g/mol. The van der Waals surface area contributed by atoms with Gasteiger partial charge in [-0.1, -0.05) is 0 Å². The van der Waals surface area contributed by atoms with Gasteiger partial charge in [0.05, 0.1) is 11.4 Å². The molecule has 0 radical (unpaired) electrons. The van der Waals surface area contributed by atoms with Crippen LogP contribution in [0.15, 0.2) is 18.5 Å². The van der Waals surface area contributed by atoms with Crippen molar-refractivity contribution in [2.45, 2.75) is 51.3 Å². The molecule has 2 aliphatic rings. The fraction of sp³-hybridized carbons (Fsp3) is 0.667. The van der Waals surface area contributed by atoms with Crippen molar-refractivity contribution >= 4 is 0 Å². The molecule has 130 valence electrons. The summed E-state index contributed by atoms with van der Waals surface area (Å²) in [4.78, 5) is 4.77. The molecule has 1 saturated heterocycles. The molecule has 24 heavy (non-hydrogen) atoms. The van der Waals surface area contributed by atoms with E-state index in [0.717, 1.165) is 39.1 Å². The average molecular weight is 329 g/mol. The van der Waals surface area contributed by atoms with E-state index in [9.17, 15) is 0 Å². The van der Waals surface area contributed by atoms with E-state index in [4.69, 9.17) is 9.72 Å². The molecule has 0 aromatic carbocycles. The molecule has 0 spiro atoms. The summed E-state index contributed by atoms with van der Waals surface area (Å²) in [6.45, 7) is 3.77. The lowest BCUT2D eigenvalue weighted by molar-refractivity contribution is -0.0323. The van der Waals surface area contributed by atoms with Gasteiger partial charge in [0.25, 0.3) is 0 Å². The highest BCUT2D eigenvalue weighted by Gasteiger charge is 2.29. The Balaban J connectivity index is 1.35. The third kappa shape index (κ3) is 3.26. The van der Waals surface area contributed by atoms with Gasteiger partial charge in [-0.2, -0.15) is 5.10 Å². The molecule has 0 amide bonds. The summed E-state index contributed by atoms with van der Waals surface area (Å²) in [6.07, 6.45) is 10.2. The predicted molar refractivity (Wildman–Crippen MR) is 91.5 cm³/mol. The summed E-state index contributed by atoms with van der Waals surface area (Å²) >= 11 is 0. The Labute approximate surface area is 143 Å². The standard InChI is InChI=1S/C18H27N5O/c1-22-16(7-8-20-22)18-14(5-4-10-24-18)11-19-12-15-13-23-9-3-2-6-17(23)21-15/h7-8,13-14,18-19H,2-6,9-12H2,1H3/t14-,18+/m0/s1. The minimum Gasteiger partial charge on any atom is -0.372 e. The number of imidazole rings is 1. The first-order valence-corrected chi connectivity index (χ1v) is 9.16. The van der Waals surface area contributed by atoms with Gasteiger partial charge in [-0.25, -0.2) is 4.98 Å². The van der Waals surface area contributed by atoms with Crippen LogP contribution in [-0.2, 0) is 31.3 Å². The molecule has 2 aliphatic heterocycles. The van der Waals surface area contributed by atoms with Crippen molar-refractivity contribution in [3.05, 3.63) is 35.7 Å². The second-order valence-corrected chi connectivity index (χ2v) is 7.00. The largest absolute Gasteiger partial charge is 0.372 e. The number of fused-ring (bicyclic) bond motifs is 1. The van der Waals surface area contributed by atoms with Crippen LogP contribution in [0, 0.1) is 5.92 Å². The lowest BCUT2D eigenvalue weighted by Crippen LogP contribution is -2.32. The number of rotatable bonds is 5. The van der Waals surface area contributed by atoms with Gasteiger partial charge in [0, 0.05) is 58.0 Å². The van der Waals surface area contributed by atoms with Crippen LogP contribution in [0.1, 0.15) is 49.0 Å². The lowest BCUT2D eigenvalue weighted by atomic mass is 9.92. The number of aromatic nitrogens is 4. The SMILES string of the molecule is Cn1nccc1[C@@H]1OCCC[C@H]1CNCc1cn2c(n1)CCCC2. The van der Waals surface area contributed by atoms with E-state index in [-0.39, 0.29) is 6.10 Å². The average Bonchev–Trinajstić information content (AvgIpc) is 3.21. The molecule has 0 aliphatic carbocycles. The molecule has 0 unspecified atom stereocenters. The van der Waals surface area contributed by atoms with Crippen molar-refractivity contribution in [3.8, 4) is 0 Å². The molecule has 0 saturated carbocycles. The van der Waals surface area contributed by atoms with Crippen LogP contribution in [0.2, 0.25) is 0 Å². The van der Waals surface area contributed by atoms with E-state index < -0.39 is 0 Å². The van der Waals surface area contributed by atoms with Crippen LogP contribution in [-0.4, -0.2) is 32.5 Å². The van der Waals surface area contributed by atoms with Crippen LogP contribution < -0.4 is 5.32 Å². The van der Waals surface area contributed by atoms with E-state index in [1.807, 2.05) is 17.9 Å². The van der Waals surface area contributed by atoms with E-state index in [2.05, 4.69) is 27.2 Å². The molecule has 2 aromatic heterocycles. The summed E-state index contributed by atoms with van der Waals surface area (Å²) < 4.78 is 10.3. The first-order valence-electron chi connectivity index (χ1n) is 9.16. The summed E-state index contributed by atoms with van der Waals surface area (Å²) in [6, 6.07) is 2.08. The van der Waals surface area contributed by atoms with Crippen molar-refractivity contribution < 1.29 is 4.74 Å². The number of nitrogens with one attached hydrogen (secondary N) is 1. The van der Waals surface area contributed by atoms with E-state index >= 15 is 0 Å². The summed E-state index contributed by atoms with van der Waals surface area (Å²) in [5.41, 5.74) is 2.35. The number of nitrogens with zero attached hydrogens (tertiary/aromatic N) is 4. The van der Waals surface area contributed by atoms with Crippen molar-refractivity contribution in [2.24, 2.45) is 13.0 Å². The van der Waals surface area contributed by atoms with Gasteiger partial charge in [-0.05, 0) is 31.7 Å². The van der Waals surface area contributed by atoms with Crippen LogP contribution in [0.5, 0.6) is 0 Å².